The minimum atomic E-state index is -0.803. The third-order valence-corrected chi connectivity index (χ3v) is 5.83. The van der Waals surface area contributed by atoms with Gasteiger partial charge in [0.25, 0.3) is 0 Å². The first-order valence-electron chi connectivity index (χ1n) is 10.1. The van der Waals surface area contributed by atoms with Crippen LogP contribution >= 0.6 is 0 Å². The SMILES string of the molecule is CC(CN(C)C)Oc1nc2c(c(N3CC4CCC(C3)N4C(=O)O)n1)CCNC2. The van der Waals surface area contributed by atoms with Gasteiger partial charge in [-0.15, -0.1) is 0 Å². The van der Waals surface area contributed by atoms with Crippen molar-refractivity contribution in [3.05, 3.63) is 11.3 Å². The van der Waals surface area contributed by atoms with Crippen molar-refractivity contribution in [3.8, 4) is 6.01 Å². The molecule has 3 aliphatic heterocycles. The molecule has 9 heteroatoms. The average molecular weight is 390 g/mol. The van der Waals surface area contributed by atoms with Gasteiger partial charge in [0.1, 0.15) is 11.9 Å². The quantitative estimate of drug-likeness (QED) is 0.762. The zero-order valence-corrected chi connectivity index (χ0v) is 16.9. The summed E-state index contributed by atoms with van der Waals surface area (Å²) in [6, 6.07) is 0.501. The molecule has 0 radical (unpaired) electrons. The van der Waals surface area contributed by atoms with Crippen LogP contribution in [0.2, 0.25) is 0 Å². The number of carboxylic acid groups (broad SMARTS) is 1. The lowest BCUT2D eigenvalue weighted by Gasteiger charge is -2.41. The van der Waals surface area contributed by atoms with Crippen LogP contribution in [0, 0.1) is 0 Å². The Balaban J connectivity index is 1.61. The molecule has 28 heavy (non-hydrogen) atoms. The number of rotatable bonds is 5. The Labute approximate surface area is 165 Å². The highest BCUT2D eigenvalue weighted by Crippen LogP contribution is 2.35. The molecular weight excluding hydrogens is 360 g/mol. The summed E-state index contributed by atoms with van der Waals surface area (Å²) in [5.41, 5.74) is 2.17. The lowest BCUT2D eigenvalue weighted by atomic mass is 10.1. The number of ether oxygens (including phenoxy) is 1. The van der Waals surface area contributed by atoms with Crippen molar-refractivity contribution in [1.29, 1.82) is 0 Å². The number of likely N-dealkylation sites (N-methyl/N-ethyl adjacent to an activating group) is 1. The van der Waals surface area contributed by atoms with Crippen molar-refractivity contribution in [2.45, 2.75) is 50.9 Å². The standard InChI is InChI=1S/C19H30N6O3/c1-12(9-23(2)3)28-18-21-16-8-20-7-6-15(16)17(22-18)24-10-13-4-5-14(11-24)25(13)19(26)27/h12-14,20H,4-11H2,1-3H3,(H,26,27). The molecule has 0 aromatic carbocycles. The van der Waals surface area contributed by atoms with E-state index in [1.807, 2.05) is 21.0 Å². The van der Waals surface area contributed by atoms with Gasteiger partial charge in [-0.25, -0.2) is 4.79 Å². The first-order valence-corrected chi connectivity index (χ1v) is 10.1. The van der Waals surface area contributed by atoms with Gasteiger partial charge in [0.05, 0.1) is 17.8 Å². The van der Waals surface area contributed by atoms with E-state index in [2.05, 4.69) is 20.1 Å². The first kappa shape index (κ1) is 19.2. The second kappa shape index (κ2) is 7.71. The van der Waals surface area contributed by atoms with Gasteiger partial charge in [0.2, 0.25) is 0 Å². The van der Waals surface area contributed by atoms with Gasteiger partial charge in [-0.3, -0.25) is 4.90 Å². The predicted octanol–water partition coefficient (Wildman–Crippen LogP) is 0.782. The maximum absolute atomic E-state index is 11.6. The zero-order valence-electron chi connectivity index (χ0n) is 16.9. The van der Waals surface area contributed by atoms with Gasteiger partial charge in [0, 0.05) is 31.7 Å². The topological polar surface area (TPSA) is 94.1 Å². The highest BCUT2D eigenvalue weighted by atomic mass is 16.5. The minimum absolute atomic E-state index is 0.0162. The summed E-state index contributed by atoms with van der Waals surface area (Å²) in [7, 11) is 4.03. The number of amides is 1. The molecule has 2 fully saturated rings. The second-order valence-electron chi connectivity index (χ2n) is 8.35. The highest BCUT2D eigenvalue weighted by Gasteiger charge is 2.43. The van der Waals surface area contributed by atoms with E-state index in [9.17, 15) is 9.90 Å². The van der Waals surface area contributed by atoms with Crippen LogP contribution in [0.4, 0.5) is 10.6 Å². The summed E-state index contributed by atoms with van der Waals surface area (Å²) >= 11 is 0. The van der Waals surface area contributed by atoms with E-state index < -0.39 is 6.09 Å². The number of hydrogen-bond donors (Lipinski definition) is 2. The van der Waals surface area contributed by atoms with Crippen LogP contribution in [-0.2, 0) is 13.0 Å². The molecule has 1 aromatic rings. The van der Waals surface area contributed by atoms with Crippen LogP contribution in [-0.4, -0.2) is 89.4 Å². The van der Waals surface area contributed by atoms with Crippen LogP contribution in [0.1, 0.15) is 31.0 Å². The van der Waals surface area contributed by atoms with E-state index >= 15 is 0 Å². The van der Waals surface area contributed by atoms with Crippen molar-refractivity contribution in [1.82, 2.24) is 25.1 Å². The third kappa shape index (κ3) is 3.73. The normalized spacial score (nSPS) is 25.0. The first-order chi connectivity index (χ1) is 13.4. The molecule has 2 saturated heterocycles. The molecule has 3 unspecified atom stereocenters. The molecule has 0 aliphatic carbocycles. The Hall–Kier alpha value is -2.13. The largest absolute Gasteiger partial charge is 0.465 e. The fourth-order valence-electron chi connectivity index (χ4n) is 4.75. The summed E-state index contributed by atoms with van der Waals surface area (Å²) in [5, 5.41) is 12.9. The number of hydrogen-bond acceptors (Lipinski definition) is 7. The van der Waals surface area contributed by atoms with Crippen molar-refractivity contribution in [2.75, 3.05) is 45.2 Å². The van der Waals surface area contributed by atoms with Crippen molar-refractivity contribution < 1.29 is 14.6 Å². The molecule has 2 bridgehead atoms. The van der Waals surface area contributed by atoms with Crippen LogP contribution in [0.25, 0.3) is 0 Å². The summed E-state index contributed by atoms with van der Waals surface area (Å²) < 4.78 is 6.03. The summed E-state index contributed by atoms with van der Waals surface area (Å²) in [6.07, 6.45) is 1.91. The summed E-state index contributed by atoms with van der Waals surface area (Å²) in [6.45, 7) is 5.80. The molecule has 3 aliphatic rings. The van der Waals surface area contributed by atoms with Gasteiger partial charge in [-0.2, -0.15) is 9.97 Å². The van der Waals surface area contributed by atoms with Crippen LogP contribution < -0.4 is 15.0 Å². The molecule has 3 atom stereocenters. The van der Waals surface area contributed by atoms with E-state index in [0.29, 0.717) is 25.6 Å². The van der Waals surface area contributed by atoms with Gasteiger partial charge in [-0.05, 0) is 46.8 Å². The van der Waals surface area contributed by atoms with Gasteiger partial charge < -0.3 is 25.0 Å². The smallest absolute Gasteiger partial charge is 0.407 e. The van der Waals surface area contributed by atoms with Crippen LogP contribution in [0.15, 0.2) is 0 Å². The fourth-order valence-corrected chi connectivity index (χ4v) is 4.75. The van der Waals surface area contributed by atoms with Crippen molar-refractivity contribution in [2.24, 2.45) is 0 Å². The molecule has 0 saturated carbocycles. The summed E-state index contributed by atoms with van der Waals surface area (Å²) in [4.78, 5) is 27.1. The Morgan fingerprint density at radius 3 is 2.68 bits per heavy atom. The average Bonchev–Trinajstić information content (AvgIpc) is 2.91. The molecule has 1 aromatic heterocycles. The van der Waals surface area contributed by atoms with E-state index in [1.54, 1.807) is 4.90 Å². The zero-order chi connectivity index (χ0) is 19.8. The van der Waals surface area contributed by atoms with E-state index in [1.165, 1.54) is 5.56 Å². The maximum Gasteiger partial charge on any atom is 0.407 e. The lowest BCUT2D eigenvalue weighted by molar-refractivity contribution is 0.114. The molecule has 154 valence electrons. The second-order valence-corrected chi connectivity index (χ2v) is 8.35. The highest BCUT2D eigenvalue weighted by molar-refractivity contribution is 5.67. The van der Waals surface area contributed by atoms with E-state index in [0.717, 1.165) is 43.9 Å². The Kier molecular flexibility index (Phi) is 5.29. The van der Waals surface area contributed by atoms with Gasteiger partial charge >= 0.3 is 12.1 Å². The monoisotopic (exact) mass is 390 g/mol. The number of piperazine rings is 1. The number of carbonyl (C=O) groups is 1. The minimum Gasteiger partial charge on any atom is -0.465 e. The predicted molar refractivity (Wildman–Crippen MR) is 105 cm³/mol. The molecule has 4 heterocycles. The molecule has 2 N–H and O–H groups in total. The molecule has 9 nitrogen and oxygen atoms in total. The Bertz CT molecular complexity index is 729. The number of nitrogens with one attached hydrogen (secondary N) is 1. The Morgan fingerprint density at radius 1 is 1.32 bits per heavy atom. The van der Waals surface area contributed by atoms with Gasteiger partial charge in [0.15, 0.2) is 0 Å². The number of nitrogens with zero attached hydrogens (tertiary/aromatic N) is 5. The number of anilines is 1. The van der Waals surface area contributed by atoms with E-state index in [4.69, 9.17) is 9.72 Å². The molecule has 4 rings (SSSR count). The molecule has 1 amide bonds. The number of aromatic nitrogens is 2. The molecular formula is C19H30N6O3. The van der Waals surface area contributed by atoms with Gasteiger partial charge in [-0.1, -0.05) is 0 Å². The lowest BCUT2D eigenvalue weighted by Crippen LogP contribution is -2.56. The maximum atomic E-state index is 11.6. The van der Waals surface area contributed by atoms with Crippen molar-refractivity contribution >= 4 is 11.9 Å². The van der Waals surface area contributed by atoms with Crippen LogP contribution in [0.3, 0.4) is 0 Å². The fraction of sp³-hybridized carbons (Fsp3) is 0.737. The van der Waals surface area contributed by atoms with E-state index in [-0.39, 0.29) is 18.2 Å². The Morgan fingerprint density at radius 2 is 2.04 bits per heavy atom. The summed E-state index contributed by atoms with van der Waals surface area (Å²) in [5.74, 6) is 0.931. The van der Waals surface area contributed by atoms with Crippen LogP contribution in [0.5, 0.6) is 6.01 Å². The third-order valence-electron chi connectivity index (χ3n) is 5.83. The van der Waals surface area contributed by atoms with Crippen molar-refractivity contribution in [3.63, 3.8) is 0 Å². The number of fused-ring (bicyclic) bond motifs is 3. The molecule has 0 spiro atoms.